The van der Waals surface area contributed by atoms with E-state index in [1.54, 1.807) is 0 Å². The summed E-state index contributed by atoms with van der Waals surface area (Å²) in [5, 5.41) is 0. The van der Waals surface area contributed by atoms with E-state index >= 15 is 0 Å². The lowest BCUT2D eigenvalue weighted by atomic mass is 9.71. The van der Waals surface area contributed by atoms with Gasteiger partial charge in [0.25, 0.3) is 0 Å². The summed E-state index contributed by atoms with van der Waals surface area (Å²) in [4.78, 5) is 11.6. The number of fused-ring (bicyclic) bond motifs is 1. The number of esters is 1. The number of carbonyl (C=O) groups is 1. The topological polar surface area (TPSA) is 35.5 Å². The molecule has 0 aromatic heterocycles. The molecule has 0 spiro atoms. The van der Waals surface area contributed by atoms with E-state index in [0.717, 1.165) is 48.3 Å². The van der Waals surface area contributed by atoms with Crippen LogP contribution < -0.4 is 4.74 Å². The smallest absolute Gasteiger partial charge is 0.310 e. The molecule has 2 aromatic carbocycles. The minimum absolute atomic E-state index is 0.194. The van der Waals surface area contributed by atoms with Crippen LogP contribution in [0.4, 0.5) is 0 Å². The molecule has 3 nitrogen and oxygen atoms in total. The maximum absolute atomic E-state index is 11.6. The number of rotatable bonds is 5. The van der Waals surface area contributed by atoms with Crippen LogP contribution in [0.5, 0.6) is 5.75 Å². The molecule has 0 amide bonds. The molecule has 0 fully saturated rings. The van der Waals surface area contributed by atoms with Crippen molar-refractivity contribution in [3.05, 3.63) is 64.7 Å². The van der Waals surface area contributed by atoms with Gasteiger partial charge in [0.2, 0.25) is 0 Å². The van der Waals surface area contributed by atoms with Crippen molar-refractivity contribution < 1.29 is 14.3 Å². The molecule has 2 aromatic rings. The van der Waals surface area contributed by atoms with Gasteiger partial charge in [-0.2, -0.15) is 0 Å². The third-order valence-corrected chi connectivity index (χ3v) is 5.70. The number of hydrogen-bond donors (Lipinski definition) is 0. The second-order valence-corrected chi connectivity index (χ2v) is 7.23. The Morgan fingerprint density at radius 3 is 2.39 bits per heavy atom. The highest BCUT2D eigenvalue weighted by molar-refractivity contribution is 5.72. The molecule has 3 rings (SSSR count). The normalized spacial score (nSPS) is 14.2. The molecule has 0 atom stereocenters. The fourth-order valence-electron chi connectivity index (χ4n) is 3.85. The summed E-state index contributed by atoms with van der Waals surface area (Å²) >= 11 is 0. The van der Waals surface area contributed by atoms with Gasteiger partial charge >= 0.3 is 5.97 Å². The van der Waals surface area contributed by atoms with E-state index in [1.807, 2.05) is 37.3 Å². The van der Waals surface area contributed by atoms with Crippen LogP contribution in [0.1, 0.15) is 62.3 Å². The van der Waals surface area contributed by atoms with Gasteiger partial charge in [0, 0.05) is 22.1 Å². The molecule has 1 heterocycles. The van der Waals surface area contributed by atoms with Crippen molar-refractivity contribution in [1.29, 1.82) is 0 Å². The summed E-state index contributed by atoms with van der Waals surface area (Å²) in [5.74, 6) is 7.31. The van der Waals surface area contributed by atoms with Gasteiger partial charge in [-0.05, 0) is 62.1 Å². The molecule has 0 bridgehead atoms. The van der Waals surface area contributed by atoms with Crippen molar-refractivity contribution in [1.82, 2.24) is 0 Å². The summed E-state index contributed by atoms with van der Waals surface area (Å²) in [6, 6.07) is 14.0. The van der Waals surface area contributed by atoms with E-state index in [-0.39, 0.29) is 11.4 Å². The number of carbonyl (C=O) groups excluding carboxylic acids is 1. The van der Waals surface area contributed by atoms with Crippen molar-refractivity contribution in [3.63, 3.8) is 0 Å². The Balaban J connectivity index is 1.78. The van der Waals surface area contributed by atoms with Crippen LogP contribution in [-0.4, -0.2) is 19.2 Å². The average molecular weight is 376 g/mol. The highest BCUT2D eigenvalue weighted by Crippen LogP contribution is 2.43. The minimum Gasteiger partial charge on any atom is -0.493 e. The van der Waals surface area contributed by atoms with Crippen LogP contribution in [0.3, 0.4) is 0 Å². The molecule has 0 N–H and O–H groups in total. The number of ether oxygens (including phenoxy) is 2. The summed E-state index contributed by atoms with van der Waals surface area (Å²) in [7, 11) is 0. The van der Waals surface area contributed by atoms with E-state index in [1.165, 1.54) is 5.56 Å². The largest absolute Gasteiger partial charge is 0.493 e. The zero-order chi connectivity index (χ0) is 20.0. The van der Waals surface area contributed by atoms with Crippen LogP contribution in [0, 0.1) is 11.8 Å². The molecule has 0 unspecified atom stereocenters. The first-order chi connectivity index (χ1) is 13.6. The van der Waals surface area contributed by atoms with Gasteiger partial charge in [0.05, 0.1) is 19.6 Å². The Morgan fingerprint density at radius 1 is 1.04 bits per heavy atom. The van der Waals surface area contributed by atoms with E-state index in [2.05, 4.69) is 37.8 Å². The third kappa shape index (κ3) is 4.39. The van der Waals surface area contributed by atoms with Crippen molar-refractivity contribution in [2.75, 3.05) is 13.2 Å². The predicted molar refractivity (Wildman–Crippen MR) is 112 cm³/mol. The van der Waals surface area contributed by atoms with Gasteiger partial charge < -0.3 is 9.47 Å². The molecule has 0 aliphatic carbocycles. The molecular weight excluding hydrogens is 348 g/mol. The molecule has 3 heteroatoms. The van der Waals surface area contributed by atoms with Gasteiger partial charge in [0.1, 0.15) is 5.75 Å². The molecule has 146 valence electrons. The monoisotopic (exact) mass is 376 g/mol. The molecule has 28 heavy (non-hydrogen) atoms. The lowest BCUT2D eigenvalue weighted by Crippen LogP contribution is -2.31. The lowest BCUT2D eigenvalue weighted by molar-refractivity contribution is -0.142. The fraction of sp³-hybridized carbons (Fsp3) is 0.400. The summed E-state index contributed by atoms with van der Waals surface area (Å²) in [5.41, 5.74) is 4.36. The van der Waals surface area contributed by atoms with Crippen LogP contribution in [0.15, 0.2) is 42.5 Å². The minimum atomic E-state index is -0.201. The lowest BCUT2D eigenvalue weighted by Gasteiger charge is -2.37. The van der Waals surface area contributed by atoms with Crippen molar-refractivity contribution in [2.45, 2.75) is 51.9 Å². The highest BCUT2D eigenvalue weighted by Gasteiger charge is 2.34. The Kier molecular flexibility index (Phi) is 6.41. The molecule has 0 radical (unpaired) electrons. The molecular formula is C25H28O3. The first kappa shape index (κ1) is 20.0. The Morgan fingerprint density at radius 2 is 1.71 bits per heavy atom. The van der Waals surface area contributed by atoms with Crippen LogP contribution in [-0.2, 0) is 21.4 Å². The maximum atomic E-state index is 11.6. The third-order valence-electron chi connectivity index (χ3n) is 5.70. The van der Waals surface area contributed by atoms with Crippen molar-refractivity contribution >= 4 is 5.97 Å². The molecule has 1 aliphatic rings. The SMILES string of the molecule is CCOC(=O)Cc1ccc(C#Cc2ccc3c(c2)C(CC)(CC)CCO3)cc1. The molecule has 0 saturated heterocycles. The quantitative estimate of drug-likeness (QED) is 0.542. The summed E-state index contributed by atoms with van der Waals surface area (Å²) < 4.78 is 10.9. The van der Waals surface area contributed by atoms with E-state index < -0.39 is 0 Å². The highest BCUT2D eigenvalue weighted by atomic mass is 16.5. The Hall–Kier alpha value is -2.73. The van der Waals surface area contributed by atoms with Crippen LogP contribution in [0.25, 0.3) is 0 Å². The standard InChI is InChI=1S/C25H28O3/c1-4-25(5-2)15-16-28-23-14-13-20(17-22(23)25)10-7-19-8-11-21(12-9-19)18-24(26)27-6-3/h8-9,11-14,17H,4-6,15-16,18H2,1-3H3. The zero-order valence-corrected chi connectivity index (χ0v) is 17.0. The Bertz CT molecular complexity index is 880. The average Bonchev–Trinajstić information content (AvgIpc) is 2.73. The maximum Gasteiger partial charge on any atom is 0.310 e. The van der Waals surface area contributed by atoms with Crippen LogP contribution >= 0.6 is 0 Å². The van der Waals surface area contributed by atoms with Gasteiger partial charge in [-0.1, -0.05) is 37.8 Å². The first-order valence-corrected chi connectivity index (χ1v) is 10.1. The van der Waals surface area contributed by atoms with Crippen LogP contribution in [0.2, 0.25) is 0 Å². The fourth-order valence-corrected chi connectivity index (χ4v) is 3.85. The van der Waals surface area contributed by atoms with Gasteiger partial charge in [-0.25, -0.2) is 0 Å². The predicted octanol–water partition coefficient (Wildman–Crippen LogP) is 5.03. The second-order valence-electron chi connectivity index (χ2n) is 7.23. The second kappa shape index (κ2) is 8.97. The summed E-state index contributed by atoms with van der Waals surface area (Å²) in [6.07, 6.45) is 3.58. The van der Waals surface area contributed by atoms with Gasteiger partial charge in [0.15, 0.2) is 0 Å². The number of benzene rings is 2. The first-order valence-electron chi connectivity index (χ1n) is 10.1. The van der Waals surface area contributed by atoms with E-state index in [9.17, 15) is 4.79 Å². The van der Waals surface area contributed by atoms with Crippen molar-refractivity contribution in [2.24, 2.45) is 0 Å². The van der Waals surface area contributed by atoms with Crippen molar-refractivity contribution in [3.8, 4) is 17.6 Å². The Labute approximate surface area is 168 Å². The summed E-state index contributed by atoms with van der Waals surface area (Å²) in [6.45, 7) is 7.53. The van der Waals surface area contributed by atoms with E-state index in [4.69, 9.17) is 9.47 Å². The van der Waals surface area contributed by atoms with Gasteiger partial charge in [-0.15, -0.1) is 0 Å². The van der Waals surface area contributed by atoms with Gasteiger partial charge in [-0.3, -0.25) is 4.79 Å². The zero-order valence-electron chi connectivity index (χ0n) is 17.0. The molecule has 1 aliphatic heterocycles. The molecule has 0 saturated carbocycles. The number of hydrogen-bond acceptors (Lipinski definition) is 3. The van der Waals surface area contributed by atoms with E-state index in [0.29, 0.717) is 13.0 Å².